The highest BCUT2D eigenvalue weighted by atomic mass is 16.5. The van der Waals surface area contributed by atoms with Gasteiger partial charge in [-0.05, 0) is 30.4 Å². The highest BCUT2D eigenvalue weighted by molar-refractivity contribution is 5.77. The van der Waals surface area contributed by atoms with Crippen molar-refractivity contribution in [1.82, 2.24) is 0 Å². The molecule has 1 heterocycles. The van der Waals surface area contributed by atoms with E-state index in [9.17, 15) is 9.90 Å². The summed E-state index contributed by atoms with van der Waals surface area (Å²) in [4.78, 5) is 11.3. The van der Waals surface area contributed by atoms with Gasteiger partial charge in [0.25, 0.3) is 0 Å². The van der Waals surface area contributed by atoms with E-state index in [0.29, 0.717) is 17.2 Å². The summed E-state index contributed by atoms with van der Waals surface area (Å²) in [7, 11) is 1.54. The Morgan fingerprint density at radius 2 is 2.20 bits per heavy atom. The van der Waals surface area contributed by atoms with Gasteiger partial charge in [-0.3, -0.25) is 4.79 Å². The molecule has 2 rings (SSSR count). The first-order valence-corrected chi connectivity index (χ1v) is 6.85. The second kappa shape index (κ2) is 6.72. The van der Waals surface area contributed by atoms with Crippen LogP contribution in [0.25, 0.3) is 0 Å². The predicted octanol–water partition coefficient (Wildman–Crippen LogP) is 1.72. The standard InChI is InChI=1S/C15H21NO4/c1-19-14-3-2-11(10-4-6-20-7-5-10)8-12(14)13(9-16)15(17)18/h2-3,8,10,13H,4-7,9,16H2,1H3,(H,17,18). The molecule has 0 bridgehead atoms. The number of methoxy groups -OCH3 is 1. The molecule has 1 unspecified atom stereocenters. The minimum atomic E-state index is -0.921. The third-order valence-electron chi connectivity index (χ3n) is 3.86. The second-order valence-electron chi connectivity index (χ2n) is 5.01. The lowest BCUT2D eigenvalue weighted by Gasteiger charge is -2.24. The molecule has 3 N–H and O–H groups in total. The number of ether oxygens (including phenoxy) is 2. The van der Waals surface area contributed by atoms with Crippen molar-refractivity contribution < 1.29 is 19.4 Å². The maximum absolute atomic E-state index is 11.3. The van der Waals surface area contributed by atoms with Crippen LogP contribution in [0.2, 0.25) is 0 Å². The van der Waals surface area contributed by atoms with Gasteiger partial charge in [0.15, 0.2) is 0 Å². The summed E-state index contributed by atoms with van der Waals surface area (Å²) in [5, 5.41) is 9.29. The monoisotopic (exact) mass is 279 g/mol. The van der Waals surface area contributed by atoms with Gasteiger partial charge < -0.3 is 20.3 Å². The fraction of sp³-hybridized carbons (Fsp3) is 0.533. The van der Waals surface area contributed by atoms with E-state index in [4.69, 9.17) is 15.2 Å². The number of rotatable bonds is 5. The summed E-state index contributed by atoms with van der Waals surface area (Å²) in [6, 6.07) is 5.78. The maximum atomic E-state index is 11.3. The zero-order chi connectivity index (χ0) is 14.5. The summed E-state index contributed by atoms with van der Waals surface area (Å²) in [6.07, 6.45) is 1.93. The summed E-state index contributed by atoms with van der Waals surface area (Å²) in [5.41, 5.74) is 7.40. The van der Waals surface area contributed by atoms with Crippen LogP contribution >= 0.6 is 0 Å². The Hall–Kier alpha value is -1.59. The molecule has 1 aliphatic rings. The van der Waals surface area contributed by atoms with E-state index >= 15 is 0 Å². The number of aliphatic carboxylic acids is 1. The Morgan fingerprint density at radius 3 is 2.75 bits per heavy atom. The molecule has 0 amide bonds. The third-order valence-corrected chi connectivity index (χ3v) is 3.86. The van der Waals surface area contributed by atoms with E-state index in [1.54, 1.807) is 7.11 Å². The first kappa shape index (κ1) is 14.8. The van der Waals surface area contributed by atoms with Crippen molar-refractivity contribution in [3.05, 3.63) is 29.3 Å². The average molecular weight is 279 g/mol. The van der Waals surface area contributed by atoms with Gasteiger partial charge in [-0.2, -0.15) is 0 Å². The Morgan fingerprint density at radius 1 is 1.50 bits per heavy atom. The van der Waals surface area contributed by atoms with E-state index in [2.05, 4.69) is 0 Å². The van der Waals surface area contributed by atoms with E-state index in [0.717, 1.165) is 31.6 Å². The number of carboxylic acid groups (broad SMARTS) is 1. The quantitative estimate of drug-likeness (QED) is 0.857. The predicted molar refractivity (Wildman–Crippen MR) is 75.2 cm³/mol. The lowest BCUT2D eigenvalue weighted by Crippen LogP contribution is -2.22. The molecule has 110 valence electrons. The minimum absolute atomic E-state index is 0.0585. The van der Waals surface area contributed by atoms with Crippen molar-refractivity contribution in [2.45, 2.75) is 24.7 Å². The fourth-order valence-corrected chi connectivity index (χ4v) is 2.67. The normalized spacial score (nSPS) is 17.7. The van der Waals surface area contributed by atoms with Gasteiger partial charge in [-0.1, -0.05) is 12.1 Å². The molecule has 1 fully saturated rings. The van der Waals surface area contributed by atoms with Crippen LogP contribution in [-0.2, 0) is 9.53 Å². The first-order valence-electron chi connectivity index (χ1n) is 6.85. The van der Waals surface area contributed by atoms with E-state index in [1.807, 2.05) is 18.2 Å². The van der Waals surface area contributed by atoms with Crippen molar-refractivity contribution in [3.8, 4) is 5.75 Å². The van der Waals surface area contributed by atoms with Crippen LogP contribution < -0.4 is 10.5 Å². The molecule has 1 aliphatic heterocycles. The molecule has 0 saturated carbocycles. The Balaban J connectivity index is 2.34. The number of carbonyl (C=O) groups is 1. The number of hydrogen-bond acceptors (Lipinski definition) is 4. The van der Waals surface area contributed by atoms with Gasteiger partial charge >= 0.3 is 5.97 Å². The van der Waals surface area contributed by atoms with Crippen molar-refractivity contribution in [3.63, 3.8) is 0 Å². The largest absolute Gasteiger partial charge is 0.496 e. The molecule has 0 radical (unpaired) electrons. The van der Waals surface area contributed by atoms with Gasteiger partial charge in [-0.15, -0.1) is 0 Å². The molecule has 1 atom stereocenters. The fourth-order valence-electron chi connectivity index (χ4n) is 2.67. The van der Waals surface area contributed by atoms with E-state index in [-0.39, 0.29) is 6.54 Å². The molecule has 0 aromatic heterocycles. The van der Waals surface area contributed by atoms with Crippen molar-refractivity contribution in [2.75, 3.05) is 26.9 Å². The molecule has 1 saturated heterocycles. The van der Waals surface area contributed by atoms with E-state index < -0.39 is 11.9 Å². The summed E-state index contributed by atoms with van der Waals surface area (Å²) in [5.74, 6) is -0.654. The average Bonchev–Trinajstić information content (AvgIpc) is 2.48. The minimum Gasteiger partial charge on any atom is -0.496 e. The molecule has 0 aliphatic carbocycles. The molecule has 1 aromatic rings. The van der Waals surface area contributed by atoms with Gasteiger partial charge in [0.2, 0.25) is 0 Å². The maximum Gasteiger partial charge on any atom is 0.312 e. The molecule has 0 spiro atoms. The highest BCUT2D eigenvalue weighted by Gasteiger charge is 2.24. The topological polar surface area (TPSA) is 81.8 Å². The molecular formula is C15H21NO4. The Bertz CT molecular complexity index is 469. The van der Waals surface area contributed by atoms with Crippen molar-refractivity contribution in [2.24, 2.45) is 5.73 Å². The van der Waals surface area contributed by atoms with E-state index in [1.165, 1.54) is 0 Å². The third kappa shape index (κ3) is 3.11. The van der Waals surface area contributed by atoms with Crippen molar-refractivity contribution >= 4 is 5.97 Å². The zero-order valence-electron chi connectivity index (χ0n) is 11.7. The van der Waals surface area contributed by atoms with Crippen molar-refractivity contribution in [1.29, 1.82) is 0 Å². The zero-order valence-corrected chi connectivity index (χ0v) is 11.7. The SMILES string of the molecule is COc1ccc(C2CCOCC2)cc1C(CN)C(=O)O. The Kier molecular flexibility index (Phi) is 4.98. The highest BCUT2D eigenvalue weighted by Crippen LogP contribution is 2.33. The van der Waals surface area contributed by atoms with Crippen LogP contribution in [0, 0.1) is 0 Å². The molecular weight excluding hydrogens is 258 g/mol. The first-order chi connectivity index (χ1) is 9.67. The Labute approximate surface area is 118 Å². The number of benzene rings is 1. The molecule has 1 aromatic carbocycles. The van der Waals surface area contributed by atoms with Crippen LogP contribution in [0.3, 0.4) is 0 Å². The molecule has 5 nitrogen and oxygen atoms in total. The van der Waals surface area contributed by atoms with Crippen LogP contribution in [0.15, 0.2) is 18.2 Å². The van der Waals surface area contributed by atoms with Crippen LogP contribution in [0.4, 0.5) is 0 Å². The number of hydrogen-bond donors (Lipinski definition) is 2. The summed E-state index contributed by atoms with van der Waals surface area (Å²) >= 11 is 0. The molecule has 5 heteroatoms. The van der Waals surface area contributed by atoms with Gasteiger partial charge in [0.05, 0.1) is 13.0 Å². The van der Waals surface area contributed by atoms with Crippen LogP contribution in [0.5, 0.6) is 5.75 Å². The second-order valence-corrected chi connectivity index (χ2v) is 5.01. The van der Waals surface area contributed by atoms with Crippen LogP contribution in [-0.4, -0.2) is 37.9 Å². The van der Waals surface area contributed by atoms with Gasteiger partial charge in [-0.25, -0.2) is 0 Å². The van der Waals surface area contributed by atoms with Crippen LogP contribution in [0.1, 0.15) is 35.8 Å². The number of nitrogens with two attached hydrogens (primary N) is 1. The molecule has 20 heavy (non-hydrogen) atoms. The lowest BCUT2D eigenvalue weighted by molar-refractivity contribution is -0.138. The smallest absolute Gasteiger partial charge is 0.312 e. The summed E-state index contributed by atoms with van der Waals surface area (Å²) < 4.78 is 10.6. The van der Waals surface area contributed by atoms with Gasteiger partial charge in [0, 0.05) is 25.3 Å². The lowest BCUT2D eigenvalue weighted by atomic mass is 9.88. The number of carboxylic acids is 1. The summed E-state index contributed by atoms with van der Waals surface area (Å²) in [6.45, 7) is 1.57. The van der Waals surface area contributed by atoms with Gasteiger partial charge in [0.1, 0.15) is 5.75 Å².